The van der Waals surface area contributed by atoms with E-state index in [1.807, 2.05) is 27.7 Å². The van der Waals surface area contributed by atoms with Crippen LogP contribution in [0.15, 0.2) is 0 Å². The molecule has 0 atom stereocenters. The van der Waals surface area contributed by atoms with Gasteiger partial charge in [0.15, 0.2) is 0 Å². The molecule has 0 saturated heterocycles. The highest BCUT2D eigenvalue weighted by Gasteiger charge is 2.23. The zero-order valence-electron chi connectivity index (χ0n) is 9.80. The zero-order valence-corrected chi connectivity index (χ0v) is 9.80. The predicted molar refractivity (Wildman–Crippen MR) is 56.6 cm³/mol. The van der Waals surface area contributed by atoms with Crippen LogP contribution in [-0.2, 0) is 4.74 Å². The van der Waals surface area contributed by atoms with Crippen molar-refractivity contribution in [2.75, 3.05) is 13.2 Å². The van der Waals surface area contributed by atoms with Crippen LogP contribution in [0.2, 0.25) is 0 Å². The summed E-state index contributed by atoms with van der Waals surface area (Å²) in [6.45, 7) is 6.79. The normalized spacial score (nSPS) is 11.3. The van der Waals surface area contributed by atoms with E-state index >= 15 is 0 Å². The lowest BCUT2D eigenvalue weighted by atomic mass is 10.2. The number of carbonyl (C=O) groups excluding carboxylic acids is 1. The number of aliphatic hydroxyl groups is 2. The number of amides is 1. The third-order valence-electron chi connectivity index (χ3n) is 2.00. The number of rotatable bonds is 5. The maximum Gasteiger partial charge on any atom is 0.410 e. The van der Waals surface area contributed by atoms with Crippen LogP contribution in [0.25, 0.3) is 0 Å². The minimum Gasteiger partial charge on any atom is -0.441 e. The smallest absolute Gasteiger partial charge is 0.410 e. The molecule has 0 heterocycles. The highest BCUT2D eigenvalue weighted by atomic mass is 16.6. The van der Waals surface area contributed by atoms with E-state index in [4.69, 9.17) is 14.9 Å². The van der Waals surface area contributed by atoms with Gasteiger partial charge in [0.25, 0.3) is 0 Å². The van der Waals surface area contributed by atoms with Crippen molar-refractivity contribution in [1.29, 1.82) is 0 Å². The quantitative estimate of drug-likeness (QED) is 0.710. The Bertz CT molecular complexity index is 182. The summed E-state index contributed by atoms with van der Waals surface area (Å²) < 4.78 is 4.92. The van der Waals surface area contributed by atoms with E-state index in [-0.39, 0.29) is 25.3 Å². The summed E-state index contributed by atoms with van der Waals surface area (Å²) >= 11 is 0. The van der Waals surface area contributed by atoms with Crippen LogP contribution < -0.4 is 0 Å². The van der Waals surface area contributed by atoms with Crippen LogP contribution in [0.3, 0.4) is 0 Å². The largest absolute Gasteiger partial charge is 0.441 e. The monoisotopic (exact) mass is 219 g/mol. The minimum absolute atomic E-state index is 0.0236. The lowest BCUT2D eigenvalue weighted by Crippen LogP contribution is -2.44. The summed E-state index contributed by atoms with van der Waals surface area (Å²) in [7, 11) is 0. The molecule has 0 aromatic heterocycles. The van der Waals surface area contributed by atoms with Gasteiger partial charge in [0, 0.05) is 12.1 Å². The maximum atomic E-state index is 11.6. The second-order valence-corrected chi connectivity index (χ2v) is 3.97. The molecular weight excluding hydrogens is 198 g/mol. The Labute approximate surface area is 90.6 Å². The fourth-order valence-corrected chi connectivity index (χ4v) is 1.35. The van der Waals surface area contributed by atoms with Gasteiger partial charge in [-0.25, -0.2) is 4.79 Å². The van der Waals surface area contributed by atoms with Crippen LogP contribution in [0, 0.1) is 0 Å². The molecule has 1 amide bonds. The Hall–Kier alpha value is -0.810. The van der Waals surface area contributed by atoms with Crippen molar-refractivity contribution in [3.63, 3.8) is 0 Å². The molecule has 90 valence electrons. The number of nitrogens with zero attached hydrogens (tertiary/aromatic N) is 1. The van der Waals surface area contributed by atoms with E-state index in [0.717, 1.165) is 0 Å². The molecule has 0 fully saturated rings. The Morgan fingerprint density at radius 3 is 1.80 bits per heavy atom. The lowest BCUT2D eigenvalue weighted by molar-refractivity contribution is -0.00389. The second kappa shape index (κ2) is 6.63. The van der Waals surface area contributed by atoms with Crippen molar-refractivity contribution in [2.45, 2.75) is 45.9 Å². The summed E-state index contributed by atoms with van der Waals surface area (Å²) in [5.41, 5.74) is 0. The van der Waals surface area contributed by atoms with Gasteiger partial charge in [-0.1, -0.05) is 0 Å². The predicted octanol–water partition coefficient (Wildman–Crippen LogP) is 0.595. The van der Waals surface area contributed by atoms with Gasteiger partial charge in [0.05, 0.1) is 13.2 Å². The average molecular weight is 219 g/mol. The van der Waals surface area contributed by atoms with Gasteiger partial charge in [-0.15, -0.1) is 0 Å². The molecule has 5 heteroatoms. The topological polar surface area (TPSA) is 70.0 Å². The number of ether oxygens (including phenoxy) is 1. The van der Waals surface area contributed by atoms with Crippen LogP contribution >= 0.6 is 0 Å². The first kappa shape index (κ1) is 14.2. The van der Waals surface area contributed by atoms with E-state index in [2.05, 4.69) is 0 Å². The number of aliphatic hydroxyl groups excluding tert-OH is 2. The van der Waals surface area contributed by atoms with E-state index in [1.165, 1.54) is 0 Å². The minimum atomic E-state index is -0.836. The zero-order chi connectivity index (χ0) is 12.0. The summed E-state index contributed by atoms with van der Waals surface area (Å²) in [5.74, 6) is 0. The van der Waals surface area contributed by atoms with Gasteiger partial charge >= 0.3 is 6.09 Å². The van der Waals surface area contributed by atoms with Crippen molar-refractivity contribution in [3.8, 4) is 0 Å². The number of carbonyl (C=O) groups is 1. The second-order valence-electron chi connectivity index (χ2n) is 3.97. The molecule has 0 aliphatic carbocycles. The first-order valence-electron chi connectivity index (χ1n) is 5.14. The van der Waals surface area contributed by atoms with Crippen molar-refractivity contribution in [1.82, 2.24) is 4.90 Å². The Morgan fingerprint density at radius 2 is 1.53 bits per heavy atom. The molecule has 0 aromatic rings. The Kier molecular flexibility index (Phi) is 6.27. The third-order valence-corrected chi connectivity index (χ3v) is 2.00. The molecule has 0 spiro atoms. The highest BCUT2D eigenvalue weighted by molar-refractivity contribution is 5.68. The third kappa shape index (κ3) is 4.48. The number of hydrogen-bond donors (Lipinski definition) is 2. The van der Waals surface area contributed by atoms with Gasteiger partial charge in [-0.3, -0.25) is 0 Å². The number of hydrogen-bond acceptors (Lipinski definition) is 4. The Balaban J connectivity index is 4.38. The van der Waals surface area contributed by atoms with Gasteiger partial charge in [0.2, 0.25) is 0 Å². The molecule has 2 N–H and O–H groups in total. The highest BCUT2D eigenvalue weighted by Crippen LogP contribution is 2.08. The molecule has 15 heavy (non-hydrogen) atoms. The first-order valence-corrected chi connectivity index (χ1v) is 5.14. The van der Waals surface area contributed by atoms with Crippen molar-refractivity contribution < 1.29 is 19.7 Å². The summed E-state index contributed by atoms with van der Waals surface area (Å²) in [6, 6.07) is 0.0473. The molecule has 0 radical (unpaired) electrons. The van der Waals surface area contributed by atoms with E-state index in [0.29, 0.717) is 0 Å². The molecule has 0 unspecified atom stereocenters. The SMILES string of the molecule is CC(C)N(C(=O)OC(CO)CO)C(C)C. The van der Waals surface area contributed by atoms with Gasteiger partial charge in [0.1, 0.15) is 6.10 Å². The molecular formula is C10H21NO4. The molecule has 0 aliphatic heterocycles. The van der Waals surface area contributed by atoms with Crippen LogP contribution in [-0.4, -0.2) is 52.6 Å². The first-order chi connectivity index (χ1) is 6.93. The van der Waals surface area contributed by atoms with Gasteiger partial charge < -0.3 is 19.8 Å². The molecule has 0 rings (SSSR count). The van der Waals surface area contributed by atoms with Crippen LogP contribution in [0.1, 0.15) is 27.7 Å². The molecule has 0 saturated carbocycles. The van der Waals surface area contributed by atoms with Gasteiger partial charge in [-0.2, -0.15) is 0 Å². The van der Waals surface area contributed by atoms with E-state index in [1.54, 1.807) is 4.90 Å². The summed E-state index contributed by atoms with van der Waals surface area (Å²) in [4.78, 5) is 13.2. The van der Waals surface area contributed by atoms with E-state index in [9.17, 15) is 4.79 Å². The van der Waals surface area contributed by atoms with Crippen molar-refractivity contribution >= 4 is 6.09 Å². The fourth-order valence-electron chi connectivity index (χ4n) is 1.35. The lowest BCUT2D eigenvalue weighted by Gasteiger charge is -2.30. The van der Waals surface area contributed by atoms with Crippen molar-refractivity contribution in [2.24, 2.45) is 0 Å². The average Bonchev–Trinajstić information content (AvgIpc) is 2.12. The molecule has 0 aromatic carbocycles. The van der Waals surface area contributed by atoms with Gasteiger partial charge in [-0.05, 0) is 27.7 Å². The van der Waals surface area contributed by atoms with E-state index < -0.39 is 12.2 Å². The van der Waals surface area contributed by atoms with Crippen LogP contribution in [0.5, 0.6) is 0 Å². The maximum absolute atomic E-state index is 11.6. The van der Waals surface area contributed by atoms with Crippen molar-refractivity contribution in [3.05, 3.63) is 0 Å². The fraction of sp³-hybridized carbons (Fsp3) is 0.900. The Morgan fingerprint density at radius 1 is 1.13 bits per heavy atom. The molecule has 5 nitrogen and oxygen atoms in total. The summed E-state index contributed by atoms with van der Waals surface area (Å²) in [6.07, 6.45) is -1.34. The van der Waals surface area contributed by atoms with Crippen LogP contribution in [0.4, 0.5) is 4.79 Å². The molecule has 0 aliphatic rings. The standard InChI is InChI=1S/C10H21NO4/c1-7(2)11(8(3)4)10(14)15-9(5-12)6-13/h7-9,12-13H,5-6H2,1-4H3. The summed E-state index contributed by atoms with van der Waals surface area (Å²) in [5, 5.41) is 17.6. The molecule has 0 bridgehead atoms.